The molecule has 1 amide bonds. The highest BCUT2D eigenvalue weighted by Gasteiger charge is 2.21. The lowest BCUT2D eigenvalue weighted by Gasteiger charge is -2.19. The topological polar surface area (TPSA) is 66.5 Å². The fourth-order valence-electron chi connectivity index (χ4n) is 2.59. The van der Waals surface area contributed by atoms with Gasteiger partial charge in [-0.05, 0) is 59.1 Å². The van der Waals surface area contributed by atoms with E-state index in [2.05, 4.69) is 5.32 Å². The van der Waals surface area contributed by atoms with Gasteiger partial charge in [-0.1, -0.05) is 24.3 Å². The van der Waals surface area contributed by atoms with Crippen LogP contribution in [0.5, 0.6) is 0 Å². The van der Waals surface area contributed by atoms with Gasteiger partial charge in [-0.25, -0.2) is 8.42 Å². The molecule has 0 bridgehead atoms. The largest absolute Gasteiger partial charge is 0.326 e. The van der Waals surface area contributed by atoms with Crippen molar-refractivity contribution in [2.24, 2.45) is 0 Å². The number of hydrogen-bond acceptors (Lipinski definition) is 4. The van der Waals surface area contributed by atoms with E-state index >= 15 is 0 Å². The van der Waals surface area contributed by atoms with Gasteiger partial charge in [-0.3, -0.25) is 9.10 Å². The first-order valence-corrected chi connectivity index (χ1v) is 10.8. The lowest BCUT2D eigenvalue weighted by atomic mass is 10.2. The van der Waals surface area contributed by atoms with Crippen LogP contribution in [0.15, 0.2) is 76.3 Å². The van der Waals surface area contributed by atoms with Crippen molar-refractivity contribution in [3.05, 3.63) is 77.0 Å². The minimum atomic E-state index is -3.71. The maximum absolute atomic E-state index is 12.9. The molecule has 0 fully saturated rings. The molecule has 0 atom stereocenters. The van der Waals surface area contributed by atoms with Gasteiger partial charge >= 0.3 is 0 Å². The van der Waals surface area contributed by atoms with E-state index in [9.17, 15) is 13.2 Å². The second-order valence-corrected chi connectivity index (χ2v) is 8.76. The normalized spacial score (nSPS) is 11.1. The third kappa shape index (κ3) is 4.75. The Morgan fingerprint density at radius 2 is 1.85 bits per heavy atom. The third-order valence-corrected chi connectivity index (χ3v) is 6.63. The predicted octanol–water partition coefficient (Wildman–Crippen LogP) is 4.14. The summed E-state index contributed by atoms with van der Waals surface area (Å²) in [6.07, 6.45) is 1.00. The molecule has 3 aromatic rings. The molecule has 27 heavy (non-hydrogen) atoms. The SMILES string of the molecule is CN(c1ccccc1)S(=O)(=O)c1cccc(NC(=O)CCc2ccsc2)c1. The summed E-state index contributed by atoms with van der Waals surface area (Å²) in [7, 11) is -2.20. The Labute approximate surface area is 163 Å². The fraction of sp³-hybridized carbons (Fsp3) is 0.150. The molecule has 0 aliphatic carbocycles. The maximum atomic E-state index is 12.9. The summed E-state index contributed by atoms with van der Waals surface area (Å²) in [5, 5.41) is 6.77. The van der Waals surface area contributed by atoms with E-state index in [0.29, 0.717) is 24.2 Å². The summed E-state index contributed by atoms with van der Waals surface area (Å²) in [6.45, 7) is 0. The highest BCUT2D eigenvalue weighted by Crippen LogP contribution is 2.23. The summed E-state index contributed by atoms with van der Waals surface area (Å²) in [5.74, 6) is -0.146. The molecule has 0 saturated heterocycles. The molecule has 2 aromatic carbocycles. The molecule has 7 heteroatoms. The third-order valence-electron chi connectivity index (χ3n) is 4.12. The van der Waals surface area contributed by atoms with Crippen LogP contribution in [0.25, 0.3) is 0 Å². The Morgan fingerprint density at radius 1 is 1.07 bits per heavy atom. The summed E-state index contributed by atoms with van der Waals surface area (Å²) >= 11 is 1.60. The number of carbonyl (C=O) groups excluding carboxylic acids is 1. The first-order chi connectivity index (χ1) is 13.0. The predicted molar refractivity (Wildman–Crippen MR) is 110 cm³/mol. The maximum Gasteiger partial charge on any atom is 0.264 e. The number of hydrogen-bond donors (Lipinski definition) is 1. The number of carbonyl (C=O) groups is 1. The monoisotopic (exact) mass is 400 g/mol. The number of benzene rings is 2. The Bertz CT molecular complexity index is 1000. The van der Waals surface area contributed by atoms with E-state index in [1.807, 2.05) is 22.9 Å². The van der Waals surface area contributed by atoms with Gasteiger partial charge in [-0.2, -0.15) is 11.3 Å². The molecule has 1 heterocycles. The zero-order valence-corrected chi connectivity index (χ0v) is 16.5. The minimum absolute atomic E-state index is 0.129. The first kappa shape index (κ1) is 19.1. The fourth-order valence-corrected chi connectivity index (χ4v) is 4.53. The van der Waals surface area contributed by atoms with E-state index in [4.69, 9.17) is 0 Å². The van der Waals surface area contributed by atoms with Crippen LogP contribution in [-0.4, -0.2) is 21.4 Å². The molecule has 0 radical (unpaired) electrons. The lowest BCUT2D eigenvalue weighted by Crippen LogP contribution is -2.26. The van der Waals surface area contributed by atoms with Gasteiger partial charge in [-0.15, -0.1) is 0 Å². The van der Waals surface area contributed by atoms with E-state index < -0.39 is 10.0 Å². The van der Waals surface area contributed by atoms with Crippen LogP contribution in [0.1, 0.15) is 12.0 Å². The standard InChI is InChI=1S/C20H20N2O3S2/c1-22(18-7-3-2-4-8-18)27(24,25)19-9-5-6-17(14-19)21-20(23)11-10-16-12-13-26-15-16/h2-9,12-15H,10-11H2,1H3,(H,21,23). The first-order valence-electron chi connectivity index (χ1n) is 8.42. The summed E-state index contributed by atoms with van der Waals surface area (Å²) in [6, 6.07) is 17.2. The Balaban J connectivity index is 1.71. The van der Waals surface area contributed by atoms with Crippen molar-refractivity contribution in [1.82, 2.24) is 0 Å². The minimum Gasteiger partial charge on any atom is -0.326 e. The van der Waals surface area contributed by atoms with Gasteiger partial charge in [0.25, 0.3) is 10.0 Å². The lowest BCUT2D eigenvalue weighted by molar-refractivity contribution is -0.116. The van der Waals surface area contributed by atoms with Crippen LogP contribution in [0, 0.1) is 0 Å². The second kappa shape index (κ2) is 8.37. The molecule has 3 rings (SSSR count). The number of amides is 1. The van der Waals surface area contributed by atoms with E-state index in [1.54, 1.807) is 47.7 Å². The van der Waals surface area contributed by atoms with Crippen molar-refractivity contribution in [2.45, 2.75) is 17.7 Å². The number of nitrogens with zero attached hydrogens (tertiary/aromatic N) is 1. The molecule has 5 nitrogen and oxygen atoms in total. The van der Waals surface area contributed by atoms with Crippen molar-refractivity contribution in [3.63, 3.8) is 0 Å². The zero-order chi connectivity index (χ0) is 19.3. The second-order valence-electron chi connectivity index (χ2n) is 6.02. The molecular formula is C20H20N2O3S2. The average Bonchev–Trinajstić information content (AvgIpc) is 3.20. The number of para-hydroxylation sites is 1. The quantitative estimate of drug-likeness (QED) is 0.648. The van der Waals surface area contributed by atoms with Crippen LogP contribution in [0.3, 0.4) is 0 Å². The Hall–Kier alpha value is -2.64. The van der Waals surface area contributed by atoms with Gasteiger partial charge in [0.2, 0.25) is 5.91 Å². The van der Waals surface area contributed by atoms with Gasteiger partial charge < -0.3 is 5.32 Å². The summed E-state index contributed by atoms with van der Waals surface area (Å²) in [4.78, 5) is 12.3. The number of rotatable bonds is 7. The zero-order valence-electron chi connectivity index (χ0n) is 14.8. The molecule has 1 aromatic heterocycles. The van der Waals surface area contributed by atoms with Crippen LogP contribution in [0.2, 0.25) is 0 Å². The van der Waals surface area contributed by atoms with Crippen molar-refractivity contribution >= 4 is 38.6 Å². The molecule has 0 aliphatic rings. The van der Waals surface area contributed by atoms with Crippen LogP contribution < -0.4 is 9.62 Å². The Morgan fingerprint density at radius 3 is 2.56 bits per heavy atom. The number of aryl methyl sites for hydroxylation is 1. The molecule has 1 N–H and O–H groups in total. The van der Waals surface area contributed by atoms with Crippen molar-refractivity contribution in [2.75, 3.05) is 16.7 Å². The molecule has 0 unspecified atom stereocenters. The number of thiophene rings is 1. The van der Waals surface area contributed by atoms with Crippen LogP contribution in [0.4, 0.5) is 11.4 Å². The van der Waals surface area contributed by atoms with Gasteiger partial charge in [0.05, 0.1) is 10.6 Å². The van der Waals surface area contributed by atoms with E-state index in [1.165, 1.54) is 23.5 Å². The van der Waals surface area contributed by atoms with Gasteiger partial charge in [0.15, 0.2) is 0 Å². The van der Waals surface area contributed by atoms with Crippen LogP contribution >= 0.6 is 11.3 Å². The molecule has 0 saturated carbocycles. The smallest absolute Gasteiger partial charge is 0.264 e. The van der Waals surface area contributed by atoms with E-state index in [0.717, 1.165) is 5.56 Å². The number of anilines is 2. The highest BCUT2D eigenvalue weighted by atomic mass is 32.2. The molecular weight excluding hydrogens is 380 g/mol. The number of nitrogens with one attached hydrogen (secondary N) is 1. The summed E-state index contributed by atoms with van der Waals surface area (Å²) < 4.78 is 27.0. The molecule has 140 valence electrons. The van der Waals surface area contributed by atoms with Crippen molar-refractivity contribution in [3.8, 4) is 0 Å². The van der Waals surface area contributed by atoms with Gasteiger partial charge in [0.1, 0.15) is 0 Å². The van der Waals surface area contributed by atoms with E-state index in [-0.39, 0.29) is 10.8 Å². The summed E-state index contributed by atoms with van der Waals surface area (Å²) in [5.41, 5.74) is 2.16. The number of sulfonamides is 1. The molecule has 0 spiro atoms. The van der Waals surface area contributed by atoms with Crippen molar-refractivity contribution in [1.29, 1.82) is 0 Å². The highest BCUT2D eigenvalue weighted by molar-refractivity contribution is 7.92. The Kier molecular flexibility index (Phi) is 5.93. The van der Waals surface area contributed by atoms with Gasteiger partial charge in [0, 0.05) is 19.2 Å². The van der Waals surface area contributed by atoms with Crippen molar-refractivity contribution < 1.29 is 13.2 Å². The van der Waals surface area contributed by atoms with Crippen LogP contribution in [-0.2, 0) is 21.2 Å². The average molecular weight is 401 g/mol. The molecule has 0 aliphatic heterocycles.